The summed E-state index contributed by atoms with van der Waals surface area (Å²) in [6, 6.07) is 2.98. The minimum absolute atomic E-state index is 0.0200. The Bertz CT molecular complexity index is 609. The van der Waals surface area contributed by atoms with Crippen LogP contribution in [-0.2, 0) is 14.8 Å². The van der Waals surface area contributed by atoms with E-state index in [1.165, 1.54) is 6.07 Å². The molecule has 5 nitrogen and oxygen atoms in total. The molecule has 0 heterocycles. The normalized spacial score (nSPS) is 16.3. The lowest BCUT2D eigenvalue weighted by molar-refractivity contribution is 0.0442. The van der Waals surface area contributed by atoms with Gasteiger partial charge in [-0.3, -0.25) is 0 Å². The number of benzene rings is 1. The highest BCUT2D eigenvalue weighted by molar-refractivity contribution is 7.89. The highest BCUT2D eigenvalue weighted by Crippen LogP contribution is 2.25. The summed E-state index contributed by atoms with van der Waals surface area (Å²) in [6.45, 7) is 0.306. The summed E-state index contributed by atoms with van der Waals surface area (Å²) in [4.78, 5) is 11.1. The van der Waals surface area contributed by atoms with Crippen molar-refractivity contribution in [2.45, 2.75) is 30.6 Å². The third kappa shape index (κ3) is 3.55. The molecule has 0 atom stereocenters. The first-order valence-corrected chi connectivity index (χ1v) is 7.92. The maximum Gasteiger partial charge on any atom is 0.338 e. The molecule has 0 unspecified atom stereocenters. The Labute approximate surface area is 117 Å². The van der Waals surface area contributed by atoms with Crippen molar-refractivity contribution >= 4 is 16.0 Å². The lowest BCUT2D eigenvalue weighted by atomic mass is 10.1. The lowest BCUT2D eigenvalue weighted by Gasteiger charge is -2.10. The maximum absolute atomic E-state index is 13.3. The van der Waals surface area contributed by atoms with Gasteiger partial charge in [-0.2, -0.15) is 0 Å². The molecule has 110 valence electrons. The standard InChI is InChI=1S/C13H16FNO4S/c14-11-6-5-10(7-12(11)20(15,17)18)13(16)19-8-9-3-1-2-4-9/h5-7,9H,1-4,8H2,(H2,15,17,18). The van der Waals surface area contributed by atoms with Gasteiger partial charge in [0.05, 0.1) is 12.2 Å². The van der Waals surface area contributed by atoms with Crippen molar-refractivity contribution in [3.8, 4) is 0 Å². The van der Waals surface area contributed by atoms with Crippen LogP contribution in [0.1, 0.15) is 36.0 Å². The van der Waals surface area contributed by atoms with Gasteiger partial charge >= 0.3 is 5.97 Å². The highest BCUT2D eigenvalue weighted by Gasteiger charge is 2.20. The Morgan fingerprint density at radius 3 is 2.60 bits per heavy atom. The molecular formula is C13H16FNO4S. The van der Waals surface area contributed by atoms with E-state index >= 15 is 0 Å². The van der Waals surface area contributed by atoms with E-state index in [1.54, 1.807) is 0 Å². The highest BCUT2D eigenvalue weighted by atomic mass is 32.2. The largest absolute Gasteiger partial charge is 0.462 e. The number of carbonyl (C=O) groups is 1. The second-order valence-corrected chi connectivity index (χ2v) is 6.47. The fourth-order valence-corrected chi connectivity index (χ4v) is 2.93. The molecule has 1 aromatic carbocycles. The molecular weight excluding hydrogens is 285 g/mol. The molecule has 1 aromatic rings. The predicted molar refractivity (Wildman–Crippen MR) is 70.0 cm³/mol. The third-order valence-corrected chi connectivity index (χ3v) is 4.32. The number of nitrogens with two attached hydrogens (primary N) is 1. The van der Waals surface area contributed by atoms with Gasteiger partial charge in [0, 0.05) is 0 Å². The van der Waals surface area contributed by atoms with Crippen molar-refractivity contribution in [3.63, 3.8) is 0 Å². The number of hydrogen-bond acceptors (Lipinski definition) is 4. The van der Waals surface area contributed by atoms with Crippen molar-refractivity contribution in [2.75, 3.05) is 6.61 Å². The molecule has 2 rings (SSSR count). The third-order valence-electron chi connectivity index (χ3n) is 3.40. The number of sulfonamides is 1. The van der Waals surface area contributed by atoms with Crippen molar-refractivity contribution in [3.05, 3.63) is 29.6 Å². The molecule has 0 amide bonds. The van der Waals surface area contributed by atoms with E-state index in [4.69, 9.17) is 9.88 Å². The number of rotatable bonds is 4. The van der Waals surface area contributed by atoms with E-state index in [0.29, 0.717) is 12.5 Å². The van der Waals surface area contributed by atoms with E-state index in [0.717, 1.165) is 37.8 Å². The number of hydrogen-bond donors (Lipinski definition) is 1. The van der Waals surface area contributed by atoms with Crippen LogP contribution in [0.2, 0.25) is 0 Å². The molecule has 0 aliphatic heterocycles. The average Bonchev–Trinajstić information content (AvgIpc) is 2.88. The van der Waals surface area contributed by atoms with Gasteiger partial charge in [-0.05, 0) is 37.0 Å². The molecule has 0 aromatic heterocycles. The minimum atomic E-state index is -4.20. The number of halogens is 1. The van der Waals surface area contributed by atoms with E-state index in [2.05, 4.69) is 0 Å². The van der Waals surface area contributed by atoms with E-state index in [1.807, 2.05) is 0 Å². The van der Waals surface area contributed by atoms with Gasteiger partial charge in [0.25, 0.3) is 0 Å². The van der Waals surface area contributed by atoms with Crippen LogP contribution >= 0.6 is 0 Å². The fraction of sp³-hybridized carbons (Fsp3) is 0.462. The summed E-state index contributed by atoms with van der Waals surface area (Å²) in [7, 11) is -4.20. The summed E-state index contributed by atoms with van der Waals surface area (Å²) < 4.78 is 40.8. The summed E-state index contributed by atoms with van der Waals surface area (Å²) in [5.41, 5.74) is -0.0200. The molecule has 0 spiro atoms. The van der Waals surface area contributed by atoms with Gasteiger partial charge in [0.1, 0.15) is 10.7 Å². The predicted octanol–water partition coefficient (Wildman–Crippen LogP) is 1.82. The monoisotopic (exact) mass is 301 g/mol. The van der Waals surface area contributed by atoms with Crippen LogP contribution in [0.25, 0.3) is 0 Å². The van der Waals surface area contributed by atoms with Crippen LogP contribution in [0, 0.1) is 11.7 Å². The van der Waals surface area contributed by atoms with Crippen LogP contribution in [0.15, 0.2) is 23.1 Å². The molecule has 0 radical (unpaired) electrons. The number of esters is 1. The first-order chi connectivity index (χ1) is 9.38. The van der Waals surface area contributed by atoms with E-state index in [9.17, 15) is 17.6 Å². The lowest BCUT2D eigenvalue weighted by Crippen LogP contribution is -2.16. The van der Waals surface area contributed by atoms with Crippen LogP contribution in [0.3, 0.4) is 0 Å². The molecule has 1 aliphatic rings. The van der Waals surface area contributed by atoms with Crippen LogP contribution < -0.4 is 5.14 Å². The van der Waals surface area contributed by atoms with E-state index < -0.39 is 26.7 Å². The topological polar surface area (TPSA) is 86.5 Å². The van der Waals surface area contributed by atoms with Crippen molar-refractivity contribution in [2.24, 2.45) is 11.1 Å². The van der Waals surface area contributed by atoms with Crippen LogP contribution in [0.4, 0.5) is 4.39 Å². The smallest absolute Gasteiger partial charge is 0.338 e. The zero-order valence-electron chi connectivity index (χ0n) is 10.8. The molecule has 1 saturated carbocycles. The zero-order chi connectivity index (χ0) is 14.8. The molecule has 7 heteroatoms. The Hall–Kier alpha value is -1.47. The number of primary sulfonamides is 1. The van der Waals surface area contributed by atoms with Gasteiger partial charge in [0.2, 0.25) is 10.0 Å². The quantitative estimate of drug-likeness (QED) is 0.859. The van der Waals surface area contributed by atoms with Gasteiger partial charge in [-0.25, -0.2) is 22.7 Å². The Balaban J connectivity index is 2.10. The number of carbonyl (C=O) groups excluding carboxylic acids is 1. The molecule has 1 fully saturated rings. The van der Waals surface area contributed by atoms with Gasteiger partial charge < -0.3 is 4.74 Å². The first-order valence-electron chi connectivity index (χ1n) is 6.37. The van der Waals surface area contributed by atoms with Crippen molar-refractivity contribution in [1.82, 2.24) is 0 Å². The summed E-state index contributed by atoms with van der Waals surface area (Å²) in [5.74, 6) is -1.29. The van der Waals surface area contributed by atoms with Crippen molar-refractivity contribution < 1.29 is 22.3 Å². The summed E-state index contributed by atoms with van der Waals surface area (Å²) in [5, 5.41) is 4.88. The molecule has 2 N–H and O–H groups in total. The molecule has 20 heavy (non-hydrogen) atoms. The Morgan fingerprint density at radius 2 is 2.00 bits per heavy atom. The minimum Gasteiger partial charge on any atom is -0.462 e. The number of ether oxygens (including phenoxy) is 1. The van der Waals surface area contributed by atoms with Crippen molar-refractivity contribution in [1.29, 1.82) is 0 Å². The Kier molecular flexibility index (Phi) is 4.39. The summed E-state index contributed by atoms with van der Waals surface area (Å²) in [6.07, 6.45) is 4.32. The molecule has 0 bridgehead atoms. The van der Waals surface area contributed by atoms with Gasteiger partial charge in [-0.1, -0.05) is 12.8 Å². The fourth-order valence-electron chi connectivity index (χ4n) is 2.30. The van der Waals surface area contributed by atoms with Gasteiger partial charge in [0.15, 0.2) is 0 Å². The first kappa shape index (κ1) is 14.9. The maximum atomic E-state index is 13.3. The second-order valence-electron chi connectivity index (χ2n) is 4.94. The van der Waals surface area contributed by atoms with Crippen LogP contribution in [-0.4, -0.2) is 21.0 Å². The van der Waals surface area contributed by atoms with Gasteiger partial charge in [-0.15, -0.1) is 0 Å². The SMILES string of the molecule is NS(=O)(=O)c1cc(C(=O)OCC2CCCC2)ccc1F. The average molecular weight is 301 g/mol. The second kappa shape index (κ2) is 5.88. The van der Waals surface area contributed by atoms with Crippen LogP contribution in [0.5, 0.6) is 0 Å². The van der Waals surface area contributed by atoms with E-state index in [-0.39, 0.29) is 5.56 Å². The molecule has 0 saturated heterocycles. The zero-order valence-corrected chi connectivity index (χ0v) is 11.7. The summed E-state index contributed by atoms with van der Waals surface area (Å²) >= 11 is 0. The Morgan fingerprint density at radius 1 is 1.35 bits per heavy atom. The molecule has 1 aliphatic carbocycles.